The van der Waals surface area contributed by atoms with E-state index in [1.165, 1.54) is 33.4 Å². The predicted molar refractivity (Wildman–Crippen MR) is 252 cm³/mol. The molecular formula is C58H37N3O. The van der Waals surface area contributed by atoms with Crippen molar-refractivity contribution in [3.05, 3.63) is 247 Å². The Morgan fingerprint density at radius 2 is 0.710 bits per heavy atom. The van der Waals surface area contributed by atoms with Crippen molar-refractivity contribution in [2.45, 2.75) is 5.41 Å². The van der Waals surface area contributed by atoms with Crippen LogP contribution in [0, 0.1) is 0 Å². The minimum Gasteiger partial charge on any atom is -0.456 e. The molecule has 62 heavy (non-hydrogen) atoms. The molecule has 1 aliphatic carbocycles. The second-order valence-corrected chi connectivity index (χ2v) is 15.9. The minimum atomic E-state index is -0.511. The smallest absolute Gasteiger partial charge is 0.164 e. The Balaban J connectivity index is 1.02. The lowest BCUT2D eigenvalue weighted by Crippen LogP contribution is -2.28. The Kier molecular flexibility index (Phi) is 8.36. The summed E-state index contributed by atoms with van der Waals surface area (Å²) < 4.78 is 6.76. The van der Waals surface area contributed by atoms with Crippen molar-refractivity contribution in [2.24, 2.45) is 0 Å². The van der Waals surface area contributed by atoms with Crippen molar-refractivity contribution < 1.29 is 4.42 Å². The SMILES string of the molecule is c1ccc(-c2ccc(-c3nc(-c4ccc(-c5ccccc5)cc4)nc(-c4ccc5oc6cc7c(cc6c5c4)-c4ccccc4C7(c4ccccc4)c4ccccc4)n3)cc2)cc1. The molecule has 1 aliphatic rings. The van der Waals surface area contributed by atoms with E-state index in [1.807, 2.05) is 12.1 Å². The lowest BCUT2D eigenvalue weighted by molar-refractivity contribution is 0.666. The van der Waals surface area contributed by atoms with E-state index in [9.17, 15) is 0 Å². The molecule has 0 saturated carbocycles. The van der Waals surface area contributed by atoms with E-state index in [4.69, 9.17) is 19.4 Å². The van der Waals surface area contributed by atoms with Crippen LogP contribution in [0.1, 0.15) is 22.3 Å². The van der Waals surface area contributed by atoms with Crippen LogP contribution in [0.3, 0.4) is 0 Å². The van der Waals surface area contributed by atoms with Crippen LogP contribution in [-0.4, -0.2) is 15.0 Å². The van der Waals surface area contributed by atoms with Crippen molar-refractivity contribution >= 4 is 21.9 Å². The molecule has 0 bridgehead atoms. The highest BCUT2D eigenvalue weighted by molar-refractivity contribution is 6.09. The molecule has 0 radical (unpaired) electrons. The van der Waals surface area contributed by atoms with Gasteiger partial charge in [0.15, 0.2) is 17.5 Å². The summed E-state index contributed by atoms with van der Waals surface area (Å²) in [6, 6.07) is 79.2. The molecule has 2 aromatic heterocycles. The first-order valence-electron chi connectivity index (χ1n) is 21.0. The first-order valence-corrected chi connectivity index (χ1v) is 21.0. The third-order valence-electron chi connectivity index (χ3n) is 12.4. The summed E-state index contributed by atoms with van der Waals surface area (Å²) in [5.74, 6) is 1.82. The van der Waals surface area contributed by atoms with Gasteiger partial charge in [-0.3, -0.25) is 0 Å². The van der Waals surface area contributed by atoms with Crippen LogP contribution in [0.2, 0.25) is 0 Å². The number of hydrogen-bond donors (Lipinski definition) is 0. The Morgan fingerprint density at radius 1 is 0.290 bits per heavy atom. The van der Waals surface area contributed by atoms with Gasteiger partial charge < -0.3 is 4.42 Å². The van der Waals surface area contributed by atoms with Gasteiger partial charge in [-0.05, 0) is 86.0 Å². The van der Waals surface area contributed by atoms with Crippen LogP contribution in [0.5, 0.6) is 0 Å². The molecule has 0 spiro atoms. The molecule has 0 saturated heterocycles. The maximum absolute atomic E-state index is 6.76. The summed E-state index contributed by atoms with van der Waals surface area (Å²) in [4.78, 5) is 15.4. The summed E-state index contributed by atoms with van der Waals surface area (Å²) in [5, 5.41) is 2.06. The fraction of sp³-hybridized carbons (Fsp3) is 0.0172. The normalized spacial score (nSPS) is 12.6. The highest BCUT2D eigenvalue weighted by Crippen LogP contribution is 2.57. The van der Waals surface area contributed by atoms with Gasteiger partial charge in [-0.2, -0.15) is 0 Å². The van der Waals surface area contributed by atoms with E-state index in [2.05, 4.69) is 212 Å². The van der Waals surface area contributed by atoms with Crippen LogP contribution in [0.25, 0.3) is 89.5 Å². The molecule has 0 fully saturated rings. The highest BCUT2D eigenvalue weighted by Gasteiger charge is 2.46. The standard InChI is InChI=1S/C58H37N3O/c1-5-15-38(16-6-1)40-25-29-42(30-26-40)55-59-56(43-31-27-41(28-32-43)39-17-7-2-8-18-39)61-57(60-55)44-33-34-53-49(35-44)50-36-48-47-23-13-14-24-51(47)58(45-19-9-3-10-20-45,46-21-11-4-12-22-46)52(48)37-54(50)62-53/h1-37H. The summed E-state index contributed by atoms with van der Waals surface area (Å²) in [7, 11) is 0. The summed E-state index contributed by atoms with van der Waals surface area (Å²) in [6.07, 6.45) is 0. The van der Waals surface area contributed by atoms with Crippen molar-refractivity contribution in [1.82, 2.24) is 15.0 Å². The van der Waals surface area contributed by atoms with Gasteiger partial charge in [0.2, 0.25) is 0 Å². The fourth-order valence-corrected chi connectivity index (χ4v) is 9.50. The first kappa shape index (κ1) is 35.7. The molecule has 4 nitrogen and oxygen atoms in total. The van der Waals surface area contributed by atoms with Gasteiger partial charge in [0.25, 0.3) is 0 Å². The number of rotatable bonds is 7. The molecule has 290 valence electrons. The lowest BCUT2D eigenvalue weighted by atomic mass is 9.67. The van der Waals surface area contributed by atoms with E-state index in [0.29, 0.717) is 17.5 Å². The summed E-state index contributed by atoms with van der Waals surface area (Å²) in [6.45, 7) is 0. The van der Waals surface area contributed by atoms with E-state index in [1.54, 1.807) is 0 Å². The average molecular weight is 792 g/mol. The number of nitrogens with zero attached hydrogens (tertiary/aromatic N) is 3. The van der Waals surface area contributed by atoms with Crippen molar-refractivity contribution in [2.75, 3.05) is 0 Å². The van der Waals surface area contributed by atoms with E-state index in [0.717, 1.165) is 60.9 Å². The Hall–Kier alpha value is -8.21. The minimum absolute atomic E-state index is 0.511. The molecule has 12 rings (SSSR count). The van der Waals surface area contributed by atoms with Gasteiger partial charge in [0.1, 0.15) is 11.2 Å². The number of hydrogen-bond acceptors (Lipinski definition) is 4. The van der Waals surface area contributed by atoms with Crippen LogP contribution in [0.15, 0.2) is 229 Å². The average Bonchev–Trinajstić information content (AvgIpc) is 3.86. The quantitative estimate of drug-likeness (QED) is 0.161. The number of benzene rings is 9. The second kappa shape index (κ2) is 14.5. The highest BCUT2D eigenvalue weighted by atomic mass is 16.3. The number of fused-ring (bicyclic) bond motifs is 6. The van der Waals surface area contributed by atoms with E-state index >= 15 is 0 Å². The van der Waals surface area contributed by atoms with Crippen LogP contribution in [-0.2, 0) is 5.41 Å². The van der Waals surface area contributed by atoms with Gasteiger partial charge in [-0.1, -0.05) is 194 Å². The molecule has 0 N–H and O–H groups in total. The second-order valence-electron chi connectivity index (χ2n) is 15.9. The van der Waals surface area contributed by atoms with Crippen molar-refractivity contribution in [3.8, 4) is 67.5 Å². The predicted octanol–water partition coefficient (Wildman–Crippen LogP) is 14.5. The molecule has 0 aliphatic heterocycles. The third-order valence-corrected chi connectivity index (χ3v) is 12.4. The van der Waals surface area contributed by atoms with Crippen LogP contribution >= 0.6 is 0 Å². The Labute approximate surface area is 359 Å². The van der Waals surface area contributed by atoms with Gasteiger partial charge >= 0.3 is 0 Å². The van der Waals surface area contributed by atoms with Crippen LogP contribution < -0.4 is 0 Å². The first-order chi connectivity index (χ1) is 30.7. The zero-order chi connectivity index (χ0) is 41.0. The maximum Gasteiger partial charge on any atom is 0.164 e. The summed E-state index contributed by atoms with van der Waals surface area (Å²) in [5.41, 5.74) is 15.8. The monoisotopic (exact) mass is 791 g/mol. The molecular weight excluding hydrogens is 755 g/mol. The maximum atomic E-state index is 6.76. The lowest BCUT2D eigenvalue weighted by Gasteiger charge is -2.33. The zero-order valence-electron chi connectivity index (χ0n) is 33.6. The van der Waals surface area contributed by atoms with Crippen molar-refractivity contribution in [1.29, 1.82) is 0 Å². The van der Waals surface area contributed by atoms with Gasteiger partial charge in [-0.25, -0.2) is 15.0 Å². The largest absolute Gasteiger partial charge is 0.456 e. The topological polar surface area (TPSA) is 51.8 Å². The van der Waals surface area contributed by atoms with Crippen LogP contribution in [0.4, 0.5) is 0 Å². The molecule has 4 heteroatoms. The molecule has 9 aromatic carbocycles. The molecule has 0 atom stereocenters. The third kappa shape index (κ3) is 5.80. The van der Waals surface area contributed by atoms with E-state index in [-0.39, 0.29) is 0 Å². The fourth-order valence-electron chi connectivity index (χ4n) is 9.50. The Bertz CT molecular complexity index is 3280. The van der Waals surface area contributed by atoms with Gasteiger partial charge in [-0.15, -0.1) is 0 Å². The van der Waals surface area contributed by atoms with Gasteiger partial charge in [0.05, 0.1) is 5.41 Å². The zero-order valence-corrected chi connectivity index (χ0v) is 33.6. The van der Waals surface area contributed by atoms with E-state index < -0.39 is 5.41 Å². The molecule has 2 heterocycles. The number of aromatic nitrogens is 3. The summed E-state index contributed by atoms with van der Waals surface area (Å²) >= 11 is 0. The molecule has 0 unspecified atom stereocenters. The number of furan rings is 1. The van der Waals surface area contributed by atoms with Gasteiger partial charge in [0, 0.05) is 27.5 Å². The Morgan fingerprint density at radius 3 is 1.26 bits per heavy atom. The molecule has 11 aromatic rings. The molecule has 0 amide bonds. The van der Waals surface area contributed by atoms with Crippen molar-refractivity contribution in [3.63, 3.8) is 0 Å².